The SMILES string of the molecule is CCC(=O)N1CCN(c2ccc(NC(=O)/C=C/c3ccc(-c4ccc(C)c(Cl)c4)o3)cc2Cl)CC1. The van der Waals surface area contributed by atoms with Crippen LogP contribution in [0.1, 0.15) is 24.7 Å². The molecule has 0 aliphatic carbocycles. The Morgan fingerprint density at radius 2 is 1.77 bits per heavy atom. The van der Waals surface area contributed by atoms with Gasteiger partial charge in [0.25, 0.3) is 0 Å². The van der Waals surface area contributed by atoms with Crippen LogP contribution in [0.3, 0.4) is 0 Å². The van der Waals surface area contributed by atoms with Crippen LogP contribution in [-0.4, -0.2) is 42.9 Å². The lowest BCUT2D eigenvalue weighted by atomic mass is 10.1. The number of aryl methyl sites for hydroxylation is 1. The molecular weight excluding hydrogens is 485 g/mol. The Balaban J connectivity index is 1.35. The van der Waals surface area contributed by atoms with E-state index in [9.17, 15) is 9.59 Å². The maximum absolute atomic E-state index is 12.4. The van der Waals surface area contributed by atoms with Crippen LogP contribution in [0, 0.1) is 6.92 Å². The lowest BCUT2D eigenvalue weighted by Crippen LogP contribution is -2.48. The maximum atomic E-state index is 12.4. The molecule has 1 aromatic heterocycles. The first-order valence-corrected chi connectivity index (χ1v) is 12.3. The monoisotopic (exact) mass is 511 g/mol. The van der Waals surface area contributed by atoms with Gasteiger partial charge in [0.2, 0.25) is 11.8 Å². The molecule has 6 nitrogen and oxygen atoms in total. The lowest BCUT2D eigenvalue weighted by Gasteiger charge is -2.36. The Morgan fingerprint density at radius 1 is 1.00 bits per heavy atom. The van der Waals surface area contributed by atoms with Crippen LogP contribution in [0.25, 0.3) is 17.4 Å². The molecule has 0 bridgehead atoms. The van der Waals surface area contributed by atoms with E-state index in [0.717, 1.165) is 29.9 Å². The van der Waals surface area contributed by atoms with Gasteiger partial charge in [-0.15, -0.1) is 0 Å². The van der Waals surface area contributed by atoms with E-state index in [1.165, 1.54) is 6.08 Å². The van der Waals surface area contributed by atoms with Gasteiger partial charge in [0.05, 0.1) is 10.7 Å². The summed E-state index contributed by atoms with van der Waals surface area (Å²) in [5.74, 6) is 1.11. The number of benzene rings is 2. The zero-order chi connectivity index (χ0) is 24.9. The zero-order valence-electron chi connectivity index (χ0n) is 19.7. The normalized spacial score (nSPS) is 13.9. The smallest absolute Gasteiger partial charge is 0.248 e. The van der Waals surface area contributed by atoms with Crippen LogP contribution in [0.4, 0.5) is 11.4 Å². The van der Waals surface area contributed by atoms with E-state index >= 15 is 0 Å². The molecule has 0 spiro atoms. The number of carbonyl (C=O) groups excluding carboxylic acids is 2. The van der Waals surface area contributed by atoms with Gasteiger partial charge in [-0.05, 0) is 55.0 Å². The van der Waals surface area contributed by atoms with Crippen LogP contribution in [-0.2, 0) is 9.59 Å². The fourth-order valence-corrected chi connectivity index (χ4v) is 4.43. The molecule has 1 N–H and O–H groups in total. The number of amides is 2. The molecule has 1 aliphatic rings. The van der Waals surface area contributed by atoms with Gasteiger partial charge in [0, 0.05) is 54.9 Å². The number of nitrogens with one attached hydrogen (secondary N) is 1. The summed E-state index contributed by atoms with van der Waals surface area (Å²) in [5.41, 5.74) is 3.36. The minimum atomic E-state index is -0.295. The van der Waals surface area contributed by atoms with Gasteiger partial charge in [0.15, 0.2) is 0 Å². The van der Waals surface area contributed by atoms with Crippen LogP contribution in [0.2, 0.25) is 10.0 Å². The number of hydrogen-bond donors (Lipinski definition) is 1. The predicted molar refractivity (Wildman–Crippen MR) is 142 cm³/mol. The molecule has 3 aromatic rings. The number of carbonyl (C=O) groups is 2. The van der Waals surface area contributed by atoms with Gasteiger partial charge in [0.1, 0.15) is 11.5 Å². The van der Waals surface area contributed by atoms with Gasteiger partial charge < -0.3 is 19.5 Å². The molecule has 35 heavy (non-hydrogen) atoms. The Morgan fingerprint density at radius 3 is 2.46 bits per heavy atom. The molecule has 2 amide bonds. The number of rotatable bonds is 6. The quantitative estimate of drug-likeness (QED) is 0.396. The standard InChI is InChI=1S/C27H27Cl2N3O3/c1-3-27(34)32-14-12-31(13-15-32)24-9-6-20(17-23(24)29)30-26(33)11-8-21-7-10-25(35-21)19-5-4-18(2)22(28)16-19/h4-11,16-17H,3,12-15H2,1-2H3,(H,30,33)/b11-8+. The average Bonchev–Trinajstić information content (AvgIpc) is 3.33. The third-order valence-electron chi connectivity index (χ3n) is 5.97. The summed E-state index contributed by atoms with van der Waals surface area (Å²) in [6.45, 7) is 6.62. The molecule has 0 saturated carbocycles. The highest BCUT2D eigenvalue weighted by Gasteiger charge is 2.21. The van der Waals surface area contributed by atoms with E-state index < -0.39 is 0 Å². The fourth-order valence-electron chi connectivity index (χ4n) is 3.95. The summed E-state index contributed by atoms with van der Waals surface area (Å²) in [6.07, 6.45) is 3.55. The summed E-state index contributed by atoms with van der Waals surface area (Å²) in [5, 5.41) is 4.05. The van der Waals surface area contributed by atoms with E-state index in [1.807, 2.05) is 55.1 Å². The largest absolute Gasteiger partial charge is 0.457 e. The fraction of sp³-hybridized carbons (Fsp3) is 0.259. The van der Waals surface area contributed by atoms with Crippen LogP contribution in [0.5, 0.6) is 0 Å². The highest BCUT2D eigenvalue weighted by Crippen LogP contribution is 2.30. The second-order valence-electron chi connectivity index (χ2n) is 8.38. The number of halogens is 2. The van der Waals surface area contributed by atoms with E-state index in [1.54, 1.807) is 18.2 Å². The molecule has 0 atom stereocenters. The van der Waals surface area contributed by atoms with E-state index in [4.69, 9.17) is 27.6 Å². The molecule has 0 radical (unpaired) electrons. The van der Waals surface area contributed by atoms with Crippen molar-refractivity contribution in [2.24, 2.45) is 0 Å². The second-order valence-corrected chi connectivity index (χ2v) is 9.19. The maximum Gasteiger partial charge on any atom is 0.248 e. The molecule has 1 fully saturated rings. The van der Waals surface area contributed by atoms with Crippen molar-refractivity contribution in [3.8, 4) is 11.3 Å². The molecule has 8 heteroatoms. The highest BCUT2D eigenvalue weighted by atomic mass is 35.5. The third kappa shape index (κ3) is 6.08. The van der Waals surface area contributed by atoms with Crippen molar-refractivity contribution in [1.29, 1.82) is 0 Å². The van der Waals surface area contributed by atoms with Crippen molar-refractivity contribution < 1.29 is 14.0 Å². The topological polar surface area (TPSA) is 65.8 Å². The summed E-state index contributed by atoms with van der Waals surface area (Å²) in [4.78, 5) is 28.3. The van der Waals surface area contributed by atoms with Crippen molar-refractivity contribution in [2.75, 3.05) is 36.4 Å². The lowest BCUT2D eigenvalue weighted by molar-refractivity contribution is -0.131. The minimum Gasteiger partial charge on any atom is -0.457 e. The van der Waals surface area contributed by atoms with Crippen LogP contribution < -0.4 is 10.2 Å². The number of hydrogen-bond acceptors (Lipinski definition) is 4. The molecule has 2 heterocycles. The average molecular weight is 512 g/mol. The van der Waals surface area contributed by atoms with E-state index in [0.29, 0.717) is 46.8 Å². The van der Waals surface area contributed by atoms with Gasteiger partial charge >= 0.3 is 0 Å². The van der Waals surface area contributed by atoms with Crippen molar-refractivity contribution in [1.82, 2.24) is 4.90 Å². The van der Waals surface area contributed by atoms with Gasteiger partial charge in [-0.2, -0.15) is 0 Å². The zero-order valence-corrected chi connectivity index (χ0v) is 21.2. The second kappa shape index (κ2) is 11.0. The van der Waals surface area contributed by atoms with Crippen molar-refractivity contribution >= 4 is 52.5 Å². The van der Waals surface area contributed by atoms with Crippen molar-refractivity contribution in [2.45, 2.75) is 20.3 Å². The molecule has 182 valence electrons. The van der Waals surface area contributed by atoms with Crippen LogP contribution >= 0.6 is 23.2 Å². The first-order chi connectivity index (χ1) is 16.8. The van der Waals surface area contributed by atoms with Crippen molar-refractivity contribution in [3.63, 3.8) is 0 Å². The van der Waals surface area contributed by atoms with E-state index in [-0.39, 0.29) is 11.8 Å². The Hall–Kier alpha value is -3.22. The summed E-state index contributed by atoms with van der Waals surface area (Å²) in [7, 11) is 0. The minimum absolute atomic E-state index is 0.173. The molecule has 1 aliphatic heterocycles. The van der Waals surface area contributed by atoms with Gasteiger partial charge in [-0.1, -0.05) is 42.3 Å². The first-order valence-electron chi connectivity index (χ1n) is 11.5. The Kier molecular flexibility index (Phi) is 7.83. The van der Waals surface area contributed by atoms with E-state index in [2.05, 4.69) is 10.2 Å². The first kappa shape index (κ1) is 24.9. The molecule has 1 saturated heterocycles. The number of nitrogens with zero attached hydrogens (tertiary/aromatic N) is 2. The van der Waals surface area contributed by atoms with Gasteiger partial charge in [-0.3, -0.25) is 9.59 Å². The Labute approximate surface area is 215 Å². The van der Waals surface area contributed by atoms with Crippen molar-refractivity contribution in [3.05, 3.63) is 76.0 Å². The summed E-state index contributed by atoms with van der Waals surface area (Å²) >= 11 is 12.7. The highest BCUT2D eigenvalue weighted by molar-refractivity contribution is 6.33. The predicted octanol–water partition coefficient (Wildman–Crippen LogP) is 6.27. The summed E-state index contributed by atoms with van der Waals surface area (Å²) < 4.78 is 5.82. The number of anilines is 2. The molecular formula is C27H27Cl2N3O3. The third-order valence-corrected chi connectivity index (χ3v) is 6.68. The molecule has 0 unspecified atom stereocenters. The van der Waals surface area contributed by atoms with Crippen LogP contribution in [0.15, 0.2) is 59.0 Å². The summed E-state index contributed by atoms with van der Waals surface area (Å²) in [6, 6.07) is 14.8. The Bertz CT molecular complexity index is 1260. The van der Waals surface area contributed by atoms with Gasteiger partial charge in [-0.25, -0.2) is 0 Å². The molecule has 4 rings (SSSR count). The number of piperazine rings is 1. The molecule has 2 aromatic carbocycles. The number of furan rings is 1.